The number of hydrogen-bond donors (Lipinski definition) is 1. The highest BCUT2D eigenvalue weighted by Gasteiger charge is 2.12. The van der Waals surface area contributed by atoms with Crippen molar-refractivity contribution in [3.63, 3.8) is 0 Å². The molecule has 0 unspecified atom stereocenters. The Hall–Kier alpha value is -1.44. The Bertz CT molecular complexity index is 357. The number of hydrogen-bond acceptors (Lipinski definition) is 2. The lowest BCUT2D eigenvalue weighted by atomic mass is 9.88. The van der Waals surface area contributed by atoms with E-state index in [2.05, 4.69) is 6.92 Å². The molecule has 2 rings (SSSR count). The van der Waals surface area contributed by atoms with Gasteiger partial charge in [-0.15, -0.1) is 0 Å². The summed E-state index contributed by atoms with van der Waals surface area (Å²) in [7, 11) is 0. The number of allylic oxidation sites excluding steroid dienone is 1. The van der Waals surface area contributed by atoms with Gasteiger partial charge in [-0.25, -0.2) is 0 Å². The van der Waals surface area contributed by atoms with Gasteiger partial charge in [0.1, 0.15) is 5.75 Å². The number of nitrogens with two attached hydrogens (primary N) is 1. The molecular formula is C14H19NO. The molecule has 0 bridgehead atoms. The van der Waals surface area contributed by atoms with Crippen molar-refractivity contribution in [2.24, 2.45) is 5.92 Å². The average molecular weight is 217 g/mol. The summed E-state index contributed by atoms with van der Waals surface area (Å²) in [6.45, 7) is 2.32. The summed E-state index contributed by atoms with van der Waals surface area (Å²) in [6.07, 6.45) is 6.84. The topological polar surface area (TPSA) is 35.2 Å². The third-order valence-electron chi connectivity index (χ3n) is 3.16. The van der Waals surface area contributed by atoms with Crippen LogP contribution in [0.15, 0.2) is 36.1 Å². The van der Waals surface area contributed by atoms with E-state index in [0.717, 1.165) is 17.4 Å². The molecule has 0 spiro atoms. The highest BCUT2D eigenvalue weighted by Crippen LogP contribution is 2.27. The summed E-state index contributed by atoms with van der Waals surface area (Å²) >= 11 is 0. The maximum Gasteiger partial charge on any atom is 0.126 e. The number of ether oxygens (including phenoxy) is 1. The highest BCUT2D eigenvalue weighted by atomic mass is 16.5. The predicted molar refractivity (Wildman–Crippen MR) is 67.2 cm³/mol. The summed E-state index contributed by atoms with van der Waals surface area (Å²) in [6, 6.07) is 7.52. The monoisotopic (exact) mass is 217 g/mol. The fourth-order valence-electron chi connectivity index (χ4n) is 1.95. The highest BCUT2D eigenvalue weighted by molar-refractivity contribution is 5.41. The molecule has 0 aliphatic heterocycles. The molecule has 0 aromatic heterocycles. The van der Waals surface area contributed by atoms with Crippen molar-refractivity contribution in [2.45, 2.75) is 32.6 Å². The molecule has 86 valence electrons. The van der Waals surface area contributed by atoms with Gasteiger partial charge in [-0.05, 0) is 61.4 Å². The first kappa shape index (κ1) is 11.1. The third kappa shape index (κ3) is 3.02. The van der Waals surface area contributed by atoms with Crippen LogP contribution in [0, 0.1) is 5.92 Å². The normalized spacial score (nSPS) is 20.6. The molecule has 0 heterocycles. The van der Waals surface area contributed by atoms with E-state index in [1.54, 1.807) is 0 Å². The van der Waals surface area contributed by atoms with E-state index in [9.17, 15) is 0 Å². The van der Waals surface area contributed by atoms with Gasteiger partial charge in [-0.2, -0.15) is 0 Å². The number of nitrogen functional groups attached to an aromatic ring is 1. The molecule has 1 aliphatic carbocycles. The van der Waals surface area contributed by atoms with Crippen LogP contribution in [-0.4, -0.2) is 0 Å². The SMILES string of the molecule is CC1CCC(=COc2ccc(N)cc2)CC1. The first-order chi connectivity index (χ1) is 7.74. The Morgan fingerprint density at radius 1 is 1.19 bits per heavy atom. The Labute approximate surface area is 97.1 Å². The Kier molecular flexibility index (Phi) is 3.50. The maximum absolute atomic E-state index is 5.62. The van der Waals surface area contributed by atoms with Crippen molar-refractivity contribution < 1.29 is 4.74 Å². The largest absolute Gasteiger partial charge is 0.465 e. The van der Waals surface area contributed by atoms with Crippen LogP contribution >= 0.6 is 0 Å². The van der Waals surface area contributed by atoms with Gasteiger partial charge >= 0.3 is 0 Å². The molecule has 16 heavy (non-hydrogen) atoms. The van der Waals surface area contributed by atoms with Crippen LogP contribution in [0.1, 0.15) is 32.6 Å². The van der Waals surface area contributed by atoms with Gasteiger partial charge in [0.25, 0.3) is 0 Å². The minimum Gasteiger partial charge on any atom is -0.465 e. The smallest absolute Gasteiger partial charge is 0.126 e. The first-order valence-corrected chi connectivity index (χ1v) is 5.94. The van der Waals surface area contributed by atoms with E-state index in [1.165, 1.54) is 31.3 Å². The fraction of sp³-hybridized carbons (Fsp3) is 0.429. The summed E-state index contributed by atoms with van der Waals surface area (Å²) in [5, 5.41) is 0. The molecule has 1 saturated carbocycles. The fourth-order valence-corrected chi connectivity index (χ4v) is 1.95. The zero-order valence-corrected chi connectivity index (χ0v) is 9.78. The van der Waals surface area contributed by atoms with E-state index in [1.807, 2.05) is 30.5 Å². The van der Waals surface area contributed by atoms with Crippen molar-refractivity contribution in [3.8, 4) is 5.75 Å². The lowest BCUT2D eigenvalue weighted by Crippen LogP contribution is -2.04. The summed E-state index contributed by atoms with van der Waals surface area (Å²) in [5.74, 6) is 1.73. The van der Waals surface area contributed by atoms with Crippen molar-refractivity contribution in [3.05, 3.63) is 36.1 Å². The average Bonchev–Trinajstić information content (AvgIpc) is 2.30. The minimum absolute atomic E-state index is 0.770. The molecule has 2 heteroatoms. The van der Waals surface area contributed by atoms with E-state index in [-0.39, 0.29) is 0 Å². The van der Waals surface area contributed by atoms with Crippen molar-refractivity contribution in [2.75, 3.05) is 5.73 Å². The van der Waals surface area contributed by atoms with Crippen LogP contribution in [-0.2, 0) is 0 Å². The lowest BCUT2D eigenvalue weighted by molar-refractivity contribution is 0.416. The first-order valence-electron chi connectivity index (χ1n) is 5.94. The molecule has 0 amide bonds. The standard InChI is InChI=1S/C14H19NO/c1-11-2-4-12(5-3-11)10-16-14-8-6-13(15)7-9-14/h6-11H,2-5,15H2,1H3. The maximum atomic E-state index is 5.62. The molecule has 0 saturated heterocycles. The van der Waals surface area contributed by atoms with Crippen molar-refractivity contribution >= 4 is 5.69 Å². The quantitative estimate of drug-likeness (QED) is 0.605. The molecule has 0 radical (unpaired) electrons. The Balaban J connectivity index is 1.91. The molecule has 0 atom stereocenters. The molecular weight excluding hydrogens is 198 g/mol. The number of benzene rings is 1. The number of anilines is 1. The van der Waals surface area contributed by atoms with Gasteiger partial charge in [-0.1, -0.05) is 6.92 Å². The van der Waals surface area contributed by atoms with Crippen LogP contribution in [0.25, 0.3) is 0 Å². The van der Waals surface area contributed by atoms with Gasteiger partial charge in [0, 0.05) is 5.69 Å². The minimum atomic E-state index is 0.770. The Morgan fingerprint density at radius 2 is 1.81 bits per heavy atom. The van der Waals surface area contributed by atoms with Crippen LogP contribution in [0.3, 0.4) is 0 Å². The molecule has 2 N–H and O–H groups in total. The lowest BCUT2D eigenvalue weighted by Gasteiger charge is -2.19. The van der Waals surface area contributed by atoms with E-state index in [4.69, 9.17) is 10.5 Å². The molecule has 1 aliphatic rings. The van der Waals surface area contributed by atoms with Crippen LogP contribution < -0.4 is 10.5 Å². The zero-order valence-electron chi connectivity index (χ0n) is 9.78. The second-order valence-corrected chi connectivity index (χ2v) is 4.65. The molecule has 1 fully saturated rings. The summed E-state index contributed by atoms with van der Waals surface area (Å²) < 4.78 is 5.62. The van der Waals surface area contributed by atoms with Gasteiger partial charge in [0.05, 0.1) is 6.26 Å². The van der Waals surface area contributed by atoms with Crippen LogP contribution in [0.5, 0.6) is 5.75 Å². The van der Waals surface area contributed by atoms with Gasteiger partial charge in [0.2, 0.25) is 0 Å². The van der Waals surface area contributed by atoms with E-state index >= 15 is 0 Å². The van der Waals surface area contributed by atoms with Gasteiger partial charge in [-0.3, -0.25) is 0 Å². The van der Waals surface area contributed by atoms with Gasteiger partial charge < -0.3 is 10.5 Å². The van der Waals surface area contributed by atoms with Crippen LogP contribution in [0.2, 0.25) is 0 Å². The van der Waals surface area contributed by atoms with Crippen molar-refractivity contribution in [1.82, 2.24) is 0 Å². The summed E-state index contributed by atoms with van der Waals surface area (Å²) in [4.78, 5) is 0. The zero-order chi connectivity index (χ0) is 11.4. The third-order valence-corrected chi connectivity index (χ3v) is 3.16. The Morgan fingerprint density at radius 3 is 2.44 bits per heavy atom. The second-order valence-electron chi connectivity index (χ2n) is 4.65. The molecule has 2 nitrogen and oxygen atoms in total. The van der Waals surface area contributed by atoms with Crippen LogP contribution in [0.4, 0.5) is 5.69 Å². The molecule has 1 aromatic rings. The van der Waals surface area contributed by atoms with Crippen molar-refractivity contribution in [1.29, 1.82) is 0 Å². The van der Waals surface area contributed by atoms with E-state index < -0.39 is 0 Å². The number of rotatable bonds is 2. The molecule has 1 aromatic carbocycles. The second kappa shape index (κ2) is 5.06. The summed E-state index contributed by atoms with van der Waals surface area (Å²) in [5.41, 5.74) is 7.81. The predicted octanol–water partition coefficient (Wildman–Crippen LogP) is 3.74. The van der Waals surface area contributed by atoms with Gasteiger partial charge in [0.15, 0.2) is 0 Å². The van der Waals surface area contributed by atoms with E-state index in [0.29, 0.717) is 0 Å².